The maximum Gasteiger partial charge on any atom is 0.291 e. The van der Waals surface area contributed by atoms with Crippen molar-refractivity contribution in [3.63, 3.8) is 0 Å². The van der Waals surface area contributed by atoms with Gasteiger partial charge in [0, 0.05) is 10.5 Å². The van der Waals surface area contributed by atoms with Gasteiger partial charge in [-0.1, -0.05) is 41.7 Å². The molecule has 0 bridgehead atoms. The Morgan fingerprint density at radius 1 is 1.04 bits per heavy atom. The Kier molecular flexibility index (Phi) is 5.55. The third-order valence-electron chi connectivity index (χ3n) is 3.24. The van der Waals surface area contributed by atoms with Crippen LogP contribution in [0.2, 0.25) is 0 Å². The van der Waals surface area contributed by atoms with Gasteiger partial charge in [0.15, 0.2) is 0 Å². The zero-order valence-corrected chi connectivity index (χ0v) is 16.0. The van der Waals surface area contributed by atoms with E-state index in [0.29, 0.717) is 11.3 Å². The standard InChI is InChI=1S/C16H14N4O3S3/c1-24-13-10-6-5-9-12(13)20-26(22,23)16-19-18-15(25-16)17-14(21)11-7-3-2-4-8-11/h2-10,20H,1H3,(H,17,18,21). The second-order valence-electron chi connectivity index (χ2n) is 5.00. The van der Waals surface area contributed by atoms with Crippen LogP contribution < -0.4 is 10.0 Å². The first kappa shape index (κ1) is 18.4. The molecular formula is C16H14N4O3S3. The number of amides is 1. The van der Waals surface area contributed by atoms with Crippen LogP contribution in [0.5, 0.6) is 0 Å². The fourth-order valence-electron chi connectivity index (χ4n) is 2.05. The second kappa shape index (κ2) is 7.85. The third kappa shape index (κ3) is 4.21. The molecule has 0 fully saturated rings. The first-order chi connectivity index (χ1) is 12.5. The first-order valence-electron chi connectivity index (χ1n) is 7.35. The molecule has 0 atom stereocenters. The van der Waals surface area contributed by atoms with Crippen molar-refractivity contribution in [2.75, 3.05) is 16.3 Å². The molecule has 26 heavy (non-hydrogen) atoms. The van der Waals surface area contributed by atoms with Crippen molar-refractivity contribution in [1.29, 1.82) is 0 Å². The van der Waals surface area contributed by atoms with Crippen molar-refractivity contribution in [2.45, 2.75) is 9.24 Å². The van der Waals surface area contributed by atoms with Crippen LogP contribution in [0, 0.1) is 0 Å². The molecule has 0 aliphatic heterocycles. The van der Waals surface area contributed by atoms with Gasteiger partial charge in [0.1, 0.15) is 0 Å². The van der Waals surface area contributed by atoms with Crippen LogP contribution in [0.1, 0.15) is 10.4 Å². The van der Waals surface area contributed by atoms with Crippen molar-refractivity contribution < 1.29 is 13.2 Å². The third-order valence-corrected chi connectivity index (χ3v) is 6.61. The number of thioether (sulfide) groups is 1. The molecule has 134 valence electrons. The summed E-state index contributed by atoms with van der Waals surface area (Å²) in [4.78, 5) is 12.9. The van der Waals surface area contributed by atoms with Crippen molar-refractivity contribution in [2.24, 2.45) is 0 Å². The number of benzene rings is 2. The van der Waals surface area contributed by atoms with Crippen molar-refractivity contribution in [1.82, 2.24) is 10.2 Å². The molecule has 0 saturated heterocycles. The fourth-order valence-corrected chi connectivity index (χ4v) is 4.64. The summed E-state index contributed by atoms with van der Waals surface area (Å²) in [5, 5.41) is 10.1. The van der Waals surface area contributed by atoms with Crippen molar-refractivity contribution >= 4 is 49.8 Å². The SMILES string of the molecule is CSc1ccccc1NS(=O)(=O)c1nnc(NC(=O)c2ccccc2)s1. The number of sulfonamides is 1. The summed E-state index contributed by atoms with van der Waals surface area (Å²) in [6.45, 7) is 0. The monoisotopic (exact) mass is 406 g/mol. The van der Waals surface area contributed by atoms with Gasteiger partial charge < -0.3 is 0 Å². The number of rotatable bonds is 6. The summed E-state index contributed by atoms with van der Waals surface area (Å²) in [7, 11) is -3.90. The zero-order chi connectivity index (χ0) is 18.6. The fraction of sp³-hybridized carbons (Fsp3) is 0.0625. The van der Waals surface area contributed by atoms with E-state index in [2.05, 4.69) is 20.2 Å². The number of carbonyl (C=O) groups excluding carboxylic acids is 1. The van der Waals surface area contributed by atoms with E-state index in [0.717, 1.165) is 16.2 Å². The summed E-state index contributed by atoms with van der Waals surface area (Å²) in [6.07, 6.45) is 1.86. The second-order valence-corrected chi connectivity index (χ2v) is 8.68. The minimum absolute atomic E-state index is 0.109. The molecule has 3 aromatic rings. The van der Waals surface area contributed by atoms with Gasteiger partial charge in [0.25, 0.3) is 20.3 Å². The maximum absolute atomic E-state index is 12.5. The van der Waals surface area contributed by atoms with E-state index in [-0.39, 0.29) is 15.4 Å². The molecule has 0 radical (unpaired) electrons. The van der Waals surface area contributed by atoms with E-state index in [1.54, 1.807) is 42.5 Å². The van der Waals surface area contributed by atoms with Gasteiger partial charge in [-0.25, -0.2) is 0 Å². The van der Waals surface area contributed by atoms with Crippen LogP contribution in [0.3, 0.4) is 0 Å². The molecule has 0 aliphatic carbocycles. The molecule has 0 saturated carbocycles. The Bertz CT molecular complexity index is 1020. The Labute approximate surface area is 158 Å². The van der Waals surface area contributed by atoms with Crippen LogP contribution >= 0.6 is 23.1 Å². The summed E-state index contributed by atoms with van der Waals surface area (Å²) in [5.41, 5.74) is 0.907. The van der Waals surface area contributed by atoms with Gasteiger partial charge in [0.2, 0.25) is 5.13 Å². The van der Waals surface area contributed by atoms with Gasteiger partial charge in [-0.3, -0.25) is 14.8 Å². The molecule has 1 aromatic heterocycles. The highest BCUT2D eigenvalue weighted by atomic mass is 32.2. The maximum atomic E-state index is 12.5. The number of aromatic nitrogens is 2. The highest BCUT2D eigenvalue weighted by Gasteiger charge is 2.22. The molecule has 2 N–H and O–H groups in total. The summed E-state index contributed by atoms with van der Waals surface area (Å²) < 4.78 is 27.3. The Hall–Kier alpha value is -2.43. The van der Waals surface area contributed by atoms with Crippen LogP contribution in [-0.4, -0.2) is 30.8 Å². The predicted molar refractivity (Wildman–Crippen MR) is 103 cm³/mol. The zero-order valence-electron chi connectivity index (χ0n) is 13.5. The highest BCUT2D eigenvalue weighted by Crippen LogP contribution is 2.28. The van der Waals surface area contributed by atoms with Crippen LogP contribution in [-0.2, 0) is 10.0 Å². The van der Waals surface area contributed by atoms with E-state index < -0.39 is 10.0 Å². The Morgan fingerprint density at radius 3 is 2.46 bits per heavy atom. The number of nitrogens with zero attached hydrogens (tertiary/aromatic N) is 2. The Balaban J connectivity index is 1.77. The average molecular weight is 407 g/mol. The summed E-state index contributed by atoms with van der Waals surface area (Å²) >= 11 is 2.21. The quantitative estimate of drug-likeness (QED) is 0.481. The minimum atomic E-state index is -3.90. The summed E-state index contributed by atoms with van der Waals surface area (Å²) in [5.74, 6) is -0.383. The molecule has 7 nitrogen and oxygen atoms in total. The van der Waals surface area contributed by atoms with Crippen molar-refractivity contribution in [3.05, 3.63) is 60.2 Å². The smallest absolute Gasteiger partial charge is 0.291 e. The number of hydrogen-bond acceptors (Lipinski definition) is 7. The van der Waals surface area contributed by atoms with E-state index in [4.69, 9.17) is 0 Å². The highest BCUT2D eigenvalue weighted by molar-refractivity contribution is 7.99. The number of anilines is 2. The molecule has 10 heteroatoms. The first-order valence-corrected chi connectivity index (χ1v) is 10.9. The largest absolute Gasteiger partial charge is 0.296 e. The van der Waals surface area contributed by atoms with E-state index in [1.807, 2.05) is 18.4 Å². The van der Waals surface area contributed by atoms with Gasteiger partial charge in [-0.15, -0.1) is 22.0 Å². The number of nitrogens with one attached hydrogen (secondary N) is 2. The number of carbonyl (C=O) groups is 1. The normalized spacial score (nSPS) is 11.1. The predicted octanol–water partition coefficient (Wildman–Crippen LogP) is 3.31. The molecule has 0 spiro atoms. The topological polar surface area (TPSA) is 101 Å². The summed E-state index contributed by atoms with van der Waals surface area (Å²) in [6, 6.07) is 15.6. The molecule has 0 unspecified atom stereocenters. The Morgan fingerprint density at radius 2 is 1.73 bits per heavy atom. The van der Waals surface area contributed by atoms with Crippen molar-refractivity contribution in [3.8, 4) is 0 Å². The van der Waals surface area contributed by atoms with Crippen LogP contribution in [0.4, 0.5) is 10.8 Å². The number of hydrogen-bond donors (Lipinski definition) is 2. The van der Waals surface area contributed by atoms with Gasteiger partial charge in [-0.2, -0.15) is 8.42 Å². The number of para-hydroxylation sites is 1. The molecule has 0 aliphatic rings. The molecule has 2 aromatic carbocycles. The van der Waals surface area contributed by atoms with Gasteiger partial charge in [0.05, 0.1) is 5.69 Å². The van der Waals surface area contributed by atoms with E-state index >= 15 is 0 Å². The average Bonchev–Trinajstić information content (AvgIpc) is 3.12. The lowest BCUT2D eigenvalue weighted by molar-refractivity contribution is 0.102. The van der Waals surface area contributed by atoms with Crippen LogP contribution in [0.25, 0.3) is 0 Å². The van der Waals surface area contributed by atoms with Gasteiger partial charge in [-0.05, 0) is 30.5 Å². The molecular weight excluding hydrogens is 392 g/mol. The lowest BCUT2D eigenvalue weighted by Crippen LogP contribution is -2.13. The lowest BCUT2D eigenvalue weighted by Gasteiger charge is -2.08. The van der Waals surface area contributed by atoms with Gasteiger partial charge >= 0.3 is 0 Å². The van der Waals surface area contributed by atoms with E-state index in [1.165, 1.54) is 11.8 Å². The lowest BCUT2D eigenvalue weighted by atomic mass is 10.2. The molecule has 1 amide bonds. The molecule has 3 rings (SSSR count). The van der Waals surface area contributed by atoms with Crippen LogP contribution in [0.15, 0.2) is 63.8 Å². The molecule has 1 heterocycles. The minimum Gasteiger partial charge on any atom is -0.296 e. The van der Waals surface area contributed by atoms with E-state index in [9.17, 15) is 13.2 Å².